The summed E-state index contributed by atoms with van der Waals surface area (Å²) in [5, 5.41) is 3.66. The Morgan fingerprint density at radius 2 is 1.93 bits per heavy atom. The molecule has 1 aliphatic heterocycles. The Bertz CT molecular complexity index is 740. The number of aryl methyl sites for hydroxylation is 1. The molecule has 0 atom stereocenters. The van der Waals surface area contributed by atoms with Crippen LogP contribution in [0.3, 0.4) is 0 Å². The zero-order valence-electron chi connectivity index (χ0n) is 15.5. The van der Waals surface area contributed by atoms with Gasteiger partial charge in [0.25, 0.3) is 5.91 Å². The third-order valence-electron chi connectivity index (χ3n) is 5.26. The molecule has 2 fully saturated rings. The van der Waals surface area contributed by atoms with Crippen LogP contribution in [0.5, 0.6) is 0 Å². The Labute approximate surface area is 172 Å². The molecule has 0 bridgehead atoms. The number of halogens is 2. The summed E-state index contributed by atoms with van der Waals surface area (Å²) in [7, 11) is 0. The summed E-state index contributed by atoms with van der Waals surface area (Å²) in [5.41, 5.74) is 2.22. The number of furan rings is 1. The molecule has 0 unspecified atom stereocenters. The first-order chi connectivity index (χ1) is 12.2. The molecule has 0 spiro atoms. The Kier molecular flexibility index (Phi) is 7.71. The quantitative estimate of drug-likeness (QED) is 0.804. The van der Waals surface area contributed by atoms with Crippen LogP contribution in [-0.2, 0) is 0 Å². The van der Waals surface area contributed by atoms with E-state index in [1.54, 1.807) is 6.26 Å². The van der Waals surface area contributed by atoms with Crippen LogP contribution in [-0.4, -0.2) is 41.5 Å². The number of nitrogens with zero attached hydrogens (tertiary/aromatic N) is 2. The molecule has 148 valence electrons. The van der Waals surface area contributed by atoms with E-state index in [0.717, 1.165) is 55.5 Å². The highest BCUT2D eigenvalue weighted by Gasteiger charge is 2.27. The minimum absolute atomic E-state index is 0. The second-order valence-electron chi connectivity index (χ2n) is 7.22. The van der Waals surface area contributed by atoms with E-state index in [4.69, 9.17) is 4.42 Å². The Hall–Kier alpha value is -1.56. The normalized spacial score (nSPS) is 17.1. The van der Waals surface area contributed by atoms with Gasteiger partial charge in [0.2, 0.25) is 0 Å². The van der Waals surface area contributed by atoms with Gasteiger partial charge in [-0.2, -0.15) is 0 Å². The number of aromatic nitrogens is 1. The van der Waals surface area contributed by atoms with Gasteiger partial charge < -0.3 is 14.6 Å². The van der Waals surface area contributed by atoms with Crippen molar-refractivity contribution in [2.75, 3.05) is 19.6 Å². The second-order valence-corrected chi connectivity index (χ2v) is 7.22. The van der Waals surface area contributed by atoms with Crippen LogP contribution in [0, 0.1) is 12.8 Å². The van der Waals surface area contributed by atoms with Gasteiger partial charge in [0, 0.05) is 19.1 Å². The number of hydrogen-bond donors (Lipinski definition) is 1. The number of pyridine rings is 1. The summed E-state index contributed by atoms with van der Waals surface area (Å²) in [4.78, 5) is 19.4. The first kappa shape index (κ1) is 21.7. The fourth-order valence-corrected chi connectivity index (χ4v) is 3.46. The van der Waals surface area contributed by atoms with Gasteiger partial charge in [0.1, 0.15) is 5.69 Å². The summed E-state index contributed by atoms with van der Waals surface area (Å²) in [6.07, 6.45) is 6.47. The van der Waals surface area contributed by atoms with Crippen molar-refractivity contribution >= 4 is 30.7 Å². The van der Waals surface area contributed by atoms with Crippen molar-refractivity contribution in [1.29, 1.82) is 0 Å². The Morgan fingerprint density at radius 3 is 2.52 bits per heavy atom. The summed E-state index contributed by atoms with van der Waals surface area (Å²) in [6, 6.07) is 8.02. The SMILES string of the molecule is Cc1nc(-c2ccco2)ccc1C(=O)N1CCC(NCC2CC2)CC1.Cl.Cl. The van der Waals surface area contributed by atoms with Crippen LogP contribution in [0.25, 0.3) is 11.5 Å². The molecule has 7 heteroatoms. The van der Waals surface area contributed by atoms with E-state index in [9.17, 15) is 4.79 Å². The van der Waals surface area contributed by atoms with Crippen molar-refractivity contribution in [2.45, 2.75) is 38.6 Å². The van der Waals surface area contributed by atoms with Crippen LogP contribution >= 0.6 is 24.8 Å². The van der Waals surface area contributed by atoms with Crippen molar-refractivity contribution in [1.82, 2.24) is 15.2 Å². The number of amides is 1. The monoisotopic (exact) mass is 411 g/mol. The number of rotatable bonds is 5. The smallest absolute Gasteiger partial charge is 0.255 e. The molecule has 3 heterocycles. The van der Waals surface area contributed by atoms with Crippen LogP contribution in [0.1, 0.15) is 41.7 Å². The highest BCUT2D eigenvalue weighted by molar-refractivity contribution is 5.95. The number of nitrogens with one attached hydrogen (secondary N) is 1. The van der Waals surface area contributed by atoms with Crippen molar-refractivity contribution in [2.24, 2.45) is 5.92 Å². The van der Waals surface area contributed by atoms with Crippen LogP contribution in [0.2, 0.25) is 0 Å². The maximum Gasteiger partial charge on any atom is 0.255 e. The summed E-state index contributed by atoms with van der Waals surface area (Å²) in [5.74, 6) is 1.72. The lowest BCUT2D eigenvalue weighted by molar-refractivity contribution is 0.0703. The molecule has 1 amide bonds. The number of likely N-dealkylation sites (tertiary alicyclic amines) is 1. The lowest BCUT2D eigenvalue weighted by Gasteiger charge is -2.32. The van der Waals surface area contributed by atoms with E-state index in [2.05, 4.69) is 10.3 Å². The Morgan fingerprint density at radius 1 is 1.19 bits per heavy atom. The van der Waals surface area contributed by atoms with Crippen LogP contribution in [0.4, 0.5) is 0 Å². The number of carbonyl (C=O) groups is 1. The van der Waals surface area contributed by atoms with Crippen molar-refractivity contribution < 1.29 is 9.21 Å². The lowest BCUT2D eigenvalue weighted by Crippen LogP contribution is -2.45. The molecule has 2 aliphatic rings. The molecule has 5 nitrogen and oxygen atoms in total. The zero-order chi connectivity index (χ0) is 17.2. The van der Waals surface area contributed by atoms with Gasteiger partial charge in [0.05, 0.1) is 17.5 Å². The molecule has 2 aromatic heterocycles. The average Bonchev–Trinajstić information content (AvgIpc) is 3.30. The molecule has 2 aromatic rings. The van der Waals surface area contributed by atoms with Crippen molar-refractivity contribution in [3.63, 3.8) is 0 Å². The largest absolute Gasteiger partial charge is 0.463 e. The average molecular weight is 412 g/mol. The molecule has 1 saturated heterocycles. The topological polar surface area (TPSA) is 58.4 Å². The van der Waals surface area contributed by atoms with E-state index in [1.807, 2.05) is 36.1 Å². The van der Waals surface area contributed by atoms with Crippen molar-refractivity contribution in [3.8, 4) is 11.5 Å². The molecular formula is C20H27Cl2N3O2. The van der Waals surface area contributed by atoms with Crippen LogP contribution in [0.15, 0.2) is 34.9 Å². The summed E-state index contributed by atoms with van der Waals surface area (Å²) in [6.45, 7) is 4.68. The van der Waals surface area contributed by atoms with Crippen molar-refractivity contribution in [3.05, 3.63) is 41.8 Å². The molecule has 27 heavy (non-hydrogen) atoms. The summed E-state index contributed by atoms with van der Waals surface area (Å²) < 4.78 is 5.38. The van der Waals surface area contributed by atoms with Gasteiger partial charge in [-0.15, -0.1) is 24.8 Å². The van der Waals surface area contributed by atoms with Gasteiger partial charge in [0.15, 0.2) is 5.76 Å². The fraction of sp³-hybridized carbons (Fsp3) is 0.500. The number of carbonyl (C=O) groups excluding carboxylic acids is 1. The molecule has 1 aliphatic carbocycles. The number of hydrogen-bond acceptors (Lipinski definition) is 4. The molecular weight excluding hydrogens is 385 g/mol. The summed E-state index contributed by atoms with van der Waals surface area (Å²) >= 11 is 0. The van der Waals surface area contributed by atoms with E-state index in [0.29, 0.717) is 11.6 Å². The lowest BCUT2D eigenvalue weighted by atomic mass is 10.0. The fourth-order valence-electron chi connectivity index (χ4n) is 3.46. The van der Waals surface area contributed by atoms with E-state index >= 15 is 0 Å². The highest BCUT2D eigenvalue weighted by atomic mass is 35.5. The van der Waals surface area contributed by atoms with Gasteiger partial charge in [-0.25, -0.2) is 4.98 Å². The predicted octanol–water partition coefficient (Wildman–Crippen LogP) is 4.10. The van der Waals surface area contributed by atoms with E-state index in [-0.39, 0.29) is 30.7 Å². The maximum absolute atomic E-state index is 12.8. The molecule has 4 rings (SSSR count). The minimum Gasteiger partial charge on any atom is -0.463 e. The van der Waals surface area contributed by atoms with Gasteiger partial charge >= 0.3 is 0 Å². The molecule has 1 saturated carbocycles. The number of piperidine rings is 1. The minimum atomic E-state index is 0. The second kappa shape index (κ2) is 9.58. The first-order valence-electron chi connectivity index (χ1n) is 9.25. The first-order valence-corrected chi connectivity index (χ1v) is 9.25. The van der Waals surface area contributed by atoms with E-state index in [1.165, 1.54) is 12.8 Å². The third-order valence-corrected chi connectivity index (χ3v) is 5.26. The van der Waals surface area contributed by atoms with Crippen LogP contribution < -0.4 is 5.32 Å². The molecule has 1 N–H and O–H groups in total. The standard InChI is InChI=1S/C20H25N3O2.2ClH/c1-14-17(6-7-18(22-14)19-3-2-12-25-19)20(24)23-10-8-16(9-11-23)21-13-15-4-5-15;;/h2-3,6-7,12,15-16,21H,4-5,8-11,13H2,1H3;2*1H. The zero-order valence-corrected chi connectivity index (χ0v) is 17.2. The maximum atomic E-state index is 12.8. The third kappa shape index (κ3) is 5.24. The van der Waals surface area contributed by atoms with Gasteiger partial charge in [-0.1, -0.05) is 0 Å². The van der Waals surface area contributed by atoms with E-state index < -0.39 is 0 Å². The predicted molar refractivity (Wildman–Crippen MR) is 111 cm³/mol. The molecule has 0 radical (unpaired) electrons. The molecule has 0 aromatic carbocycles. The van der Waals surface area contributed by atoms with Gasteiger partial charge in [-0.05, 0) is 69.3 Å². The van der Waals surface area contributed by atoms with Gasteiger partial charge in [-0.3, -0.25) is 4.79 Å². The Balaban J connectivity index is 0.00000131. The highest BCUT2D eigenvalue weighted by Crippen LogP contribution is 2.28.